The van der Waals surface area contributed by atoms with Gasteiger partial charge in [0.05, 0.1) is 0 Å². The van der Waals surface area contributed by atoms with Gasteiger partial charge in [0, 0.05) is 5.41 Å². The quantitative estimate of drug-likeness (QED) is 0.738. The third-order valence-corrected chi connectivity index (χ3v) is 1.29. The van der Waals surface area contributed by atoms with E-state index >= 15 is 0 Å². The number of halogens is 1. The second-order valence-corrected chi connectivity index (χ2v) is 3.54. The maximum absolute atomic E-state index is 10.6. The zero-order valence-electron chi connectivity index (χ0n) is 7.70. The minimum absolute atomic E-state index is 0. The Morgan fingerprint density at radius 2 is 2.00 bits per heavy atom. The molecule has 0 bridgehead atoms. The van der Waals surface area contributed by atoms with Crippen LogP contribution in [0.1, 0.15) is 37.3 Å². The van der Waals surface area contributed by atoms with Gasteiger partial charge in [0.25, 0.3) is 11.7 Å². The average molecular weight is 206 g/mol. The van der Waals surface area contributed by atoms with Crippen molar-refractivity contribution in [1.82, 2.24) is 10.1 Å². The highest BCUT2D eigenvalue weighted by atomic mass is 35.5. The molecule has 0 aliphatic rings. The van der Waals surface area contributed by atoms with Crippen LogP contribution in [-0.4, -0.2) is 16.0 Å². The van der Waals surface area contributed by atoms with Crippen LogP contribution in [-0.2, 0) is 5.41 Å². The molecule has 13 heavy (non-hydrogen) atoms. The molecule has 0 unspecified atom stereocenters. The number of carbonyl (C=O) groups excluding carboxylic acids is 1. The highest BCUT2D eigenvalue weighted by Gasteiger charge is 2.22. The first-order valence-corrected chi connectivity index (χ1v) is 3.55. The molecule has 0 saturated heterocycles. The monoisotopic (exact) mass is 205 g/mol. The standard InChI is InChI=1S/C7H11N3O2.ClH/c1-7(2,3)6-9-5(4(8)11)10-12-6;/h1-3H3,(H2,8,11);1H. The molecule has 5 nitrogen and oxygen atoms in total. The molecule has 0 spiro atoms. The van der Waals surface area contributed by atoms with E-state index in [0.717, 1.165) is 0 Å². The fraction of sp³-hybridized carbons (Fsp3) is 0.571. The van der Waals surface area contributed by atoms with E-state index in [2.05, 4.69) is 10.1 Å². The Morgan fingerprint density at radius 1 is 1.46 bits per heavy atom. The first kappa shape index (κ1) is 11.9. The molecule has 0 saturated carbocycles. The lowest BCUT2D eigenvalue weighted by Gasteiger charge is -2.10. The van der Waals surface area contributed by atoms with Crippen LogP contribution in [0.3, 0.4) is 0 Å². The van der Waals surface area contributed by atoms with Gasteiger partial charge in [0.15, 0.2) is 0 Å². The molecule has 6 heteroatoms. The number of amides is 1. The van der Waals surface area contributed by atoms with Crippen molar-refractivity contribution >= 4 is 18.3 Å². The lowest BCUT2D eigenvalue weighted by Crippen LogP contribution is -2.15. The van der Waals surface area contributed by atoms with Gasteiger partial charge in [-0.05, 0) is 0 Å². The number of carbonyl (C=O) groups is 1. The zero-order valence-corrected chi connectivity index (χ0v) is 8.51. The minimum Gasteiger partial charge on any atom is -0.363 e. The molecule has 0 aliphatic heterocycles. The largest absolute Gasteiger partial charge is 0.363 e. The third-order valence-electron chi connectivity index (χ3n) is 1.29. The molecule has 1 heterocycles. The predicted octanol–water partition coefficient (Wildman–Crippen LogP) is 0.888. The van der Waals surface area contributed by atoms with Crippen LogP contribution in [0.25, 0.3) is 0 Å². The molecule has 1 aromatic heterocycles. The van der Waals surface area contributed by atoms with Gasteiger partial charge in [0.1, 0.15) is 0 Å². The molecule has 2 N–H and O–H groups in total. The lowest BCUT2D eigenvalue weighted by atomic mass is 9.97. The molecule has 74 valence electrons. The molecule has 1 rings (SSSR count). The molecule has 0 atom stereocenters. The van der Waals surface area contributed by atoms with Crippen LogP contribution in [0.15, 0.2) is 4.52 Å². The van der Waals surface area contributed by atoms with Crippen LogP contribution in [0.4, 0.5) is 0 Å². The Balaban J connectivity index is 0.00000144. The van der Waals surface area contributed by atoms with E-state index in [9.17, 15) is 4.79 Å². The molecule has 0 aromatic carbocycles. The molecule has 0 fully saturated rings. The number of hydrogen-bond donors (Lipinski definition) is 1. The molecular weight excluding hydrogens is 194 g/mol. The van der Waals surface area contributed by atoms with Crippen molar-refractivity contribution in [3.63, 3.8) is 0 Å². The molecule has 1 amide bonds. The van der Waals surface area contributed by atoms with E-state index in [-0.39, 0.29) is 23.6 Å². The highest BCUT2D eigenvalue weighted by molar-refractivity contribution is 5.88. The lowest BCUT2D eigenvalue weighted by molar-refractivity contribution is 0.0987. The summed E-state index contributed by atoms with van der Waals surface area (Å²) in [4.78, 5) is 14.4. The highest BCUT2D eigenvalue weighted by Crippen LogP contribution is 2.19. The van der Waals surface area contributed by atoms with Gasteiger partial charge in [-0.25, -0.2) is 0 Å². The summed E-state index contributed by atoms with van der Waals surface area (Å²) in [6.45, 7) is 5.72. The van der Waals surface area contributed by atoms with Gasteiger partial charge >= 0.3 is 0 Å². The number of hydrogen-bond acceptors (Lipinski definition) is 4. The van der Waals surface area contributed by atoms with Crippen molar-refractivity contribution < 1.29 is 9.32 Å². The van der Waals surface area contributed by atoms with Crippen molar-refractivity contribution in [2.24, 2.45) is 5.73 Å². The van der Waals surface area contributed by atoms with Crippen LogP contribution >= 0.6 is 12.4 Å². The van der Waals surface area contributed by atoms with E-state index < -0.39 is 5.91 Å². The second kappa shape index (κ2) is 3.74. The van der Waals surface area contributed by atoms with E-state index in [1.54, 1.807) is 0 Å². The Morgan fingerprint density at radius 3 is 2.23 bits per heavy atom. The average Bonchev–Trinajstić information content (AvgIpc) is 2.30. The van der Waals surface area contributed by atoms with E-state index in [4.69, 9.17) is 10.3 Å². The van der Waals surface area contributed by atoms with Crippen molar-refractivity contribution in [1.29, 1.82) is 0 Å². The van der Waals surface area contributed by atoms with Crippen molar-refractivity contribution in [2.75, 3.05) is 0 Å². The van der Waals surface area contributed by atoms with Crippen molar-refractivity contribution in [3.8, 4) is 0 Å². The molecule has 0 radical (unpaired) electrons. The number of nitrogens with two attached hydrogens (primary N) is 1. The van der Waals surface area contributed by atoms with E-state index in [0.29, 0.717) is 5.89 Å². The number of rotatable bonds is 1. The fourth-order valence-electron chi connectivity index (χ4n) is 0.628. The SMILES string of the molecule is CC(C)(C)c1nc(C(N)=O)no1.Cl. The zero-order chi connectivity index (χ0) is 9.35. The van der Waals surface area contributed by atoms with Gasteiger partial charge in [-0.15, -0.1) is 12.4 Å². The van der Waals surface area contributed by atoms with Gasteiger partial charge in [-0.1, -0.05) is 25.9 Å². The molecule has 0 aliphatic carbocycles. The summed E-state index contributed by atoms with van der Waals surface area (Å²) in [5.74, 6) is -0.328. The minimum atomic E-state index is -0.672. The topological polar surface area (TPSA) is 82.0 Å². The predicted molar refractivity (Wildman–Crippen MR) is 48.8 cm³/mol. The first-order chi connectivity index (χ1) is 5.41. The number of primary amides is 1. The second-order valence-electron chi connectivity index (χ2n) is 3.54. The number of nitrogens with zero attached hydrogens (tertiary/aromatic N) is 2. The summed E-state index contributed by atoms with van der Waals surface area (Å²) < 4.78 is 4.83. The van der Waals surface area contributed by atoms with Gasteiger partial charge in [0.2, 0.25) is 5.89 Å². The normalized spacial score (nSPS) is 10.7. The summed E-state index contributed by atoms with van der Waals surface area (Å²) in [6.07, 6.45) is 0. The summed E-state index contributed by atoms with van der Waals surface area (Å²) >= 11 is 0. The third kappa shape index (κ3) is 2.69. The molecule has 1 aromatic rings. The maximum Gasteiger partial charge on any atom is 0.290 e. The van der Waals surface area contributed by atoms with Crippen LogP contribution in [0.2, 0.25) is 0 Å². The first-order valence-electron chi connectivity index (χ1n) is 3.55. The van der Waals surface area contributed by atoms with Crippen LogP contribution in [0.5, 0.6) is 0 Å². The van der Waals surface area contributed by atoms with Crippen molar-refractivity contribution in [2.45, 2.75) is 26.2 Å². The summed E-state index contributed by atoms with van der Waals surface area (Å²) in [7, 11) is 0. The van der Waals surface area contributed by atoms with Crippen LogP contribution < -0.4 is 5.73 Å². The van der Waals surface area contributed by atoms with Crippen LogP contribution in [0, 0.1) is 0 Å². The Labute approximate surface area is 82.1 Å². The summed E-state index contributed by atoms with van der Waals surface area (Å²) in [5, 5.41) is 3.42. The maximum atomic E-state index is 10.6. The Kier molecular flexibility index (Phi) is 3.42. The Bertz CT molecular complexity index is 303. The van der Waals surface area contributed by atoms with E-state index in [1.807, 2.05) is 20.8 Å². The number of aromatic nitrogens is 2. The van der Waals surface area contributed by atoms with Gasteiger partial charge < -0.3 is 10.3 Å². The molecular formula is C7H12ClN3O2. The van der Waals surface area contributed by atoms with Gasteiger partial charge in [-0.3, -0.25) is 4.79 Å². The Hall–Kier alpha value is -1.10. The summed E-state index contributed by atoms with van der Waals surface area (Å²) in [6, 6.07) is 0. The van der Waals surface area contributed by atoms with Crippen molar-refractivity contribution in [3.05, 3.63) is 11.7 Å². The summed E-state index contributed by atoms with van der Waals surface area (Å²) in [5.41, 5.74) is 4.70. The smallest absolute Gasteiger partial charge is 0.290 e. The van der Waals surface area contributed by atoms with E-state index in [1.165, 1.54) is 0 Å². The fourth-order valence-corrected chi connectivity index (χ4v) is 0.628. The van der Waals surface area contributed by atoms with Gasteiger partial charge in [-0.2, -0.15) is 4.98 Å².